The summed E-state index contributed by atoms with van der Waals surface area (Å²) in [6, 6.07) is 10.7. The SMILES string of the molecule is Cc1cccc(N2CCN(C(=O)c3cc(C)oc3C)C[C@@H]2C)c1. The predicted molar refractivity (Wildman–Crippen MR) is 92.1 cm³/mol. The Morgan fingerprint density at radius 3 is 2.57 bits per heavy atom. The molecule has 4 heteroatoms. The molecule has 0 N–H and O–H groups in total. The molecule has 0 bridgehead atoms. The number of carbonyl (C=O) groups is 1. The Morgan fingerprint density at radius 2 is 1.96 bits per heavy atom. The highest BCUT2D eigenvalue weighted by molar-refractivity contribution is 5.95. The van der Waals surface area contributed by atoms with E-state index in [1.165, 1.54) is 11.3 Å². The van der Waals surface area contributed by atoms with Crippen LogP contribution in [0.2, 0.25) is 0 Å². The van der Waals surface area contributed by atoms with Gasteiger partial charge in [-0.25, -0.2) is 0 Å². The molecule has 3 rings (SSSR count). The molecule has 0 saturated carbocycles. The van der Waals surface area contributed by atoms with Gasteiger partial charge in [0, 0.05) is 31.4 Å². The number of benzene rings is 1. The van der Waals surface area contributed by atoms with E-state index in [4.69, 9.17) is 4.42 Å². The summed E-state index contributed by atoms with van der Waals surface area (Å²) >= 11 is 0. The highest BCUT2D eigenvalue weighted by Gasteiger charge is 2.29. The second-order valence-electron chi connectivity index (χ2n) is 6.46. The van der Waals surface area contributed by atoms with Crippen LogP contribution in [0.15, 0.2) is 34.7 Å². The summed E-state index contributed by atoms with van der Waals surface area (Å²) in [6.07, 6.45) is 0. The lowest BCUT2D eigenvalue weighted by Crippen LogP contribution is -2.53. The van der Waals surface area contributed by atoms with Gasteiger partial charge in [0.2, 0.25) is 0 Å². The molecule has 1 aromatic carbocycles. The van der Waals surface area contributed by atoms with Crippen molar-refractivity contribution in [3.05, 3.63) is 53.0 Å². The first-order valence-electron chi connectivity index (χ1n) is 8.15. The van der Waals surface area contributed by atoms with Crippen LogP contribution in [0, 0.1) is 20.8 Å². The highest BCUT2D eigenvalue weighted by atomic mass is 16.3. The zero-order valence-corrected chi connectivity index (χ0v) is 14.3. The van der Waals surface area contributed by atoms with E-state index in [2.05, 4.69) is 43.0 Å². The van der Waals surface area contributed by atoms with Crippen molar-refractivity contribution in [3.8, 4) is 0 Å². The zero-order chi connectivity index (χ0) is 16.6. The van der Waals surface area contributed by atoms with Crippen LogP contribution < -0.4 is 4.90 Å². The molecule has 4 nitrogen and oxygen atoms in total. The van der Waals surface area contributed by atoms with Crippen molar-refractivity contribution >= 4 is 11.6 Å². The molecule has 1 atom stereocenters. The van der Waals surface area contributed by atoms with Crippen molar-refractivity contribution in [1.29, 1.82) is 0 Å². The Morgan fingerprint density at radius 1 is 1.17 bits per heavy atom. The summed E-state index contributed by atoms with van der Waals surface area (Å²) in [7, 11) is 0. The quantitative estimate of drug-likeness (QED) is 0.851. The predicted octanol–water partition coefficient (Wildman–Crippen LogP) is 3.56. The lowest BCUT2D eigenvalue weighted by atomic mass is 10.1. The lowest BCUT2D eigenvalue weighted by Gasteiger charge is -2.41. The van der Waals surface area contributed by atoms with E-state index in [-0.39, 0.29) is 5.91 Å². The van der Waals surface area contributed by atoms with Gasteiger partial charge in [-0.15, -0.1) is 0 Å². The van der Waals surface area contributed by atoms with Crippen LogP contribution in [0.5, 0.6) is 0 Å². The van der Waals surface area contributed by atoms with Gasteiger partial charge in [0.05, 0.1) is 5.56 Å². The number of hydrogen-bond donors (Lipinski definition) is 0. The summed E-state index contributed by atoms with van der Waals surface area (Å²) < 4.78 is 5.50. The van der Waals surface area contributed by atoms with Gasteiger partial charge >= 0.3 is 0 Å². The summed E-state index contributed by atoms with van der Waals surface area (Å²) in [5.41, 5.74) is 3.19. The van der Waals surface area contributed by atoms with E-state index >= 15 is 0 Å². The third kappa shape index (κ3) is 3.11. The first-order valence-corrected chi connectivity index (χ1v) is 8.15. The van der Waals surface area contributed by atoms with Crippen LogP contribution >= 0.6 is 0 Å². The van der Waals surface area contributed by atoms with Gasteiger partial charge in [0.1, 0.15) is 11.5 Å². The van der Waals surface area contributed by atoms with Crippen molar-refractivity contribution in [2.45, 2.75) is 33.7 Å². The molecule has 2 heterocycles. The number of nitrogens with zero attached hydrogens (tertiary/aromatic N) is 2. The molecule has 2 aromatic rings. The first-order chi connectivity index (χ1) is 11.0. The average molecular weight is 312 g/mol. The Balaban J connectivity index is 1.73. The average Bonchev–Trinajstić information content (AvgIpc) is 2.85. The van der Waals surface area contributed by atoms with Crippen LogP contribution in [0.25, 0.3) is 0 Å². The molecular formula is C19H24N2O2. The second kappa shape index (κ2) is 6.11. The van der Waals surface area contributed by atoms with Gasteiger partial charge in [0.25, 0.3) is 5.91 Å². The number of piperazine rings is 1. The standard InChI is InChI=1S/C19H24N2O2/c1-13-6-5-7-17(10-13)21-9-8-20(12-14(21)2)19(22)18-11-15(3)23-16(18)4/h5-7,10-11,14H,8-9,12H2,1-4H3/t14-/m0/s1. The maximum Gasteiger partial charge on any atom is 0.257 e. The van der Waals surface area contributed by atoms with Gasteiger partial charge in [-0.1, -0.05) is 12.1 Å². The number of aryl methyl sites for hydroxylation is 3. The minimum absolute atomic E-state index is 0.0788. The molecule has 1 amide bonds. The third-order valence-electron chi connectivity index (χ3n) is 4.52. The number of anilines is 1. The van der Waals surface area contributed by atoms with E-state index in [0.717, 1.165) is 25.4 Å². The number of hydrogen-bond acceptors (Lipinski definition) is 3. The van der Waals surface area contributed by atoms with E-state index in [9.17, 15) is 4.79 Å². The fourth-order valence-corrected chi connectivity index (χ4v) is 3.35. The minimum atomic E-state index is 0.0788. The molecule has 1 aromatic heterocycles. The Hall–Kier alpha value is -2.23. The smallest absolute Gasteiger partial charge is 0.257 e. The monoisotopic (exact) mass is 312 g/mol. The van der Waals surface area contributed by atoms with Crippen molar-refractivity contribution in [1.82, 2.24) is 4.90 Å². The van der Waals surface area contributed by atoms with E-state index in [0.29, 0.717) is 17.4 Å². The Kier molecular flexibility index (Phi) is 4.16. The first kappa shape index (κ1) is 15.7. The summed E-state index contributed by atoms with van der Waals surface area (Å²) in [6.45, 7) is 10.3. The maximum atomic E-state index is 12.7. The molecule has 1 fully saturated rings. The van der Waals surface area contributed by atoms with Crippen molar-refractivity contribution in [2.24, 2.45) is 0 Å². The van der Waals surface area contributed by atoms with Crippen molar-refractivity contribution in [3.63, 3.8) is 0 Å². The third-order valence-corrected chi connectivity index (χ3v) is 4.52. The van der Waals surface area contributed by atoms with Crippen LogP contribution in [0.1, 0.15) is 34.4 Å². The summed E-state index contributed by atoms with van der Waals surface area (Å²) in [4.78, 5) is 17.0. The second-order valence-corrected chi connectivity index (χ2v) is 6.46. The zero-order valence-electron chi connectivity index (χ0n) is 14.3. The van der Waals surface area contributed by atoms with E-state index in [1.54, 1.807) is 0 Å². The number of amides is 1. The fraction of sp³-hybridized carbons (Fsp3) is 0.421. The lowest BCUT2D eigenvalue weighted by molar-refractivity contribution is 0.0724. The van der Waals surface area contributed by atoms with Gasteiger partial charge < -0.3 is 14.2 Å². The van der Waals surface area contributed by atoms with Crippen molar-refractivity contribution in [2.75, 3.05) is 24.5 Å². The molecule has 0 aliphatic carbocycles. The molecule has 23 heavy (non-hydrogen) atoms. The number of furan rings is 1. The van der Waals surface area contributed by atoms with Crippen LogP contribution in [0.3, 0.4) is 0 Å². The van der Waals surface area contributed by atoms with Gasteiger partial charge in [0.15, 0.2) is 0 Å². The van der Waals surface area contributed by atoms with Gasteiger partial charge in [-0.05, 0) is 51.5 Å². The van der Waals surface area contributed by atoms with Crippen LogP contribution in [0.4, 0.5) is 5.69 Å². The van der Waals surface area contributed by atoms with E-state index in [1.807, 2.05) is 24.8 Å². The Bertz CT molecular complexity index is 720. The summed E-state index contributed by atoms with van der Waals surface area (Å²) in [5, 5.41) is 0. The highest BCUT2D eigenvalue weighted by Crippen LogP contribution is 2.23. The molecule has 0 unspecified atom stereocenters. The number of rotatable bonds is 2. The normalized spacial score (nSPS) is 18.3. The molecular weight excluding hydrogens is 288 g/mol. The van der Waals surface area contributed by atoms with Crippen molar-refractivity contribution < 1.29 is 9.21 Å². The molecule has 122 valence electrons. The van der Waals surface area contributed by atoms with Gasteiger partial charge in [-0.3, -0.25) is 4.79 Å². The van der Waals surface area contributed by atoms with E-state index < -0.39 is 0 Å². The molecule has 0 radical (unpaired) electrons. The minimum Gasteiger partial charge on any atom is -0.466 e. The van der Waals surface area contributed by atoms with Gasteiger partial charge in [-0.2, -0.15) is 0 Å². The topological polar surface area (TPSA) is 36.7 Å². The number of carbonyl (C=O) groups excluding carboxylic acids is 1. The van der Waals surface area contributed by atoms with Crippen LogP contribution in [-0.2, 0) is 0 Å². The maximum absolute atomic E-state index is 12.7. The Labute approximate surface area is 137 Å². The molecule has 1 aliphatic heterocycles. The molecule has 0 spiro atoms. The largest absolute Gasteiger partial charge is 0.466 e. The fourth-order valence-electron chi connectivity index (χ4n) is 3.35. The molecule has 1 aliphatic rings. The van der Waals surface area contributed by atoms with Crippen LogP contribution in [-0.4, -0.2) is 36.5 Å². The molecule has 1 saturated heterocycles. The summed E-state index contributed by atoms with van der Waals surface area (Å²) in [5.74, 6) is 1.58.